The first-order chi connectivity index (χ1) is 11.6. The van der Waals surface area contributed by atoms with E-state index < -0.39 is 0 Å². The minimum atomic E-state index is -0.310. The molecule has 0 radical (unpaired) electrons. The molecule has 0 fully saturated rings. The second-order valence-electron chi connectivity index (χ2n) is 5.61. The molecule has 1 atom stereocenters. The number of ether oxygens (including phenoxy) is 1. The SMILES string of the molecule is CC(Cn1ccnc1)C(=O)c1ccc(Oc2ccc(F)cc2)cc1. The predicted molar refractivity (Wildman–Crippen MR) is 88.6 cm³/mol. The summed E-state index contributed by atoms with van der Waals surface area (Å²) in [5.41, 5.74) is 0.633. The summed E-state index contributed by atoms with van der Waals surface area (Å²) in [4.78, 5) is 16.4. The molecule has 0 aliphatic heterocycles. The smallest absolute Gasteiger partial charge is 0.167 e. The highest BCUT2D eigenvalue weighted by molar-refractivity contribution is 5.97. The van der Waals surface area contributed by atoms with E-state index in [0.29, 0.717) is 23.6 Å². The normalized spacial score (nSPS) is 11.9. The Labute approximate surface area is 139 Å². The zero-order chi connectivity index (χ0) is 16.9. The number of Topliss-reactive ketones (excluding diaryl/α,β-unsaturated/α-hetero) is 1. The molecule has 0 saturated heterocycles. The molecular formula is C19H17FN2O2. The monoisotopic (exact) mass is 324 g/mol. The third-order valence-corrected chi connectivity index (χ3v) is 3.68. The number of carbonyl (C=O) groups excluding carboxylic acids is 1. The lowest BCUT2D eigenvalue weighted by Gasteiger charge is -2.12. The zero-order valence-electron chi connectivity index (χ0n) is 13.2. The Balaban J connectivity index is 1.65. The van der Waals surface area contributed by atoms with Gasteiger partial charge in [-0.2, -0.15) is 0 Å². The Morgan fingerprint density at radius 2 is 1.75 bits per heavy atom. The van der Waals surface area contributed by atoms with Crippen LogP contribution in [-0.4, -0.2) is 15.3 Å². The summed E-state index contributed by atoms with van der Waals surface area (Å²) >= 11 is 0. The molecule has 122 valence electrons. The van der Waals surface area contributed by atoms with Crippen molar-refractivity contribution < 1.29 is 13.9 Å². The van der Waals surface area contributed by atoms with Crippen molar-refractivity contribution in [1.29, 1.82) is 0 Å². The minimum absolute atomic E-state index is 0.0667. The number of carbonyl (C=O) groups is 1. The number of aromatic nitrogens is 2. The summed E-state index contributed by atoms with van der Waals surface area (Å²) in [5.74, 6) is 0.750. The maximum absolute atomic E-state index is 12.9. The molecule has 0 amide bonds. The topological polar surface area (TPSA) is 44.1 Å². The lowest BCUT2D eigenvalue weighted by Crippen LogP contribution is -2.17. The molecular weight excluding hydrogens is 307 g/mol. The molecule has 0 bridgehead atoms. The van der Waals surface area contributed by atoms with Gasteiger partial charge in [-0.05, 0) is 48.5 Å². The van der Waals surface area contributed by atoms with E-state index in [-0.39, 0.29) is 17.5 Å². The van der Waals surface area contributed by atoms with Crippen LogP contribution in [0.2, 0.25) is 0 Å². The van der Waals surface area contributed by atoms with Gasteiger partial charge in [-0.25, -0.2) is 9.37 Å². The standard InChI is InChI=1S/C19H17FN2O2/c1-14(12-22-11-10-21-13-22)19(23)15-2-6-17(7-3-15)24-18-8-4-16(20)5-9-18/h2-11,13-14H,12H2,1H3. The molecule has 0 aliphatic rings. The first-order valence-corrected chi connectivity index (χ1v) is 7.65. The lowest BCUT2D eigenvalue weighted by molar-refractivity contribution is 0.0918. The van der Waals surface area contributed by atoms with Crippen molar-refractivity contribution in [3.8, 4) is 11.5 Å². The van der Waals surface area contributed by atoms with Gasteiger partial charge in [-0.1, -0.05) is 6.92 Å². The first kappa shape index (κ1) is 15.9. The fraction of sp³-hybridized carbons (Fsp3) is 0.158. The number of rotatable bonds is 6. The van der Waals surface area contributed by atoms with Crippen LogP contribution in [0.1, 0.15) is 17.3 Å². The van der Waals surface area contributed by atoms with Gasteiger partial charge in [0.15, 0.2) is 5.78 Å². The maximum atomic E-state index is 12.9. The molecule has 1 aromatic heterocycles. The fourth-order valence-electron chi connectivity index (χ4n) is 2.40. The van der Waals surface area contributed by atoms with Crippen molar-refractivity contribution in [3.05, 3.63) is 78.6 Å². The van der Waals surface area contributed by atoms with E-state index in [1.807, 2.05) is 17.7 Å². The molecule has 3 aromatic rings. The van der Waals surface area contributed by atoms with Gasteiger partial charge in [0.25, 0.3) is 0 Å². The third-order valence-electron chi connectivity index (χ3n) is 3.68. The molecule has 0 spiro atoms. The Hall–Kier alpha value is -2.95. The number of hydrogen-bond acceptors (Lipinski definition) is 3. The zero-order valence-corrected chi connectivity index (χ0v) is 13.2. The average molecular weight is 324 g/mol. The van der Waals surface area contributed by atoms with Gasteiger partial charge in [-0.15, -0.1) is 0 Å². The Kier molecular flexibility index (Phi) is 4.70. The Bertz CT molecular complexity index is 796. The summed E-state index contributed by atoms with van der Waals surface area (Å²) in [7, 11) is 0. The number of ketones is 1. The van der Waals surface area contributed by atoms with Gasteiger partial charge in [0.1, 0.15) is 17.3 Å². The number of benzene rings is 2. The fourth-order valence-corrected chi connectivity index (χ4v) is 2.40. The number of halogens is 1. The van der Waals surface area contributed by atoms with E-state index in [4.69, 9.17) is 4.74 Å². The van der Waals surface area contributed by atoms with Crippen LogP contribution in [0.15, 0.2) is 67.3 Å². The number of hydrogen-bond donors (Lipinski definition) is 0. The van der Waals surface area contributed by atoms with E-state index in [1.54, 1.807) is 48.9 Å². The second-order valence-corrected chi connectivity index (χ2v) is 5.61. The molecule has 3 rings (SSSR count). The number of imidazole rings is 1. The van der Waals surface area contributed by atoms with Crippen molar-refractivity contribution in [2.24, 2.45) is 5.92 Å². The van der Waals surface area contributed by atoms with Crippen LogP contribution in [0.4, 0.5) is 4.39 Å². The Morgan fingerprint density at radius 3 is 2.33 bits per heavy atom. The van der Waals surface area contributed by atoms with Crippen molar-refractivity contribution >= 4 is 5.78 Å². The summed E-state index contributed by atoms with van der Waals surface area (Å²) in [5, 5.41) is 0. The van der Waals surface area contributed by atoms with Crippen LogP contribution in [0.5, 0.6) is 11.5 Å². The molecule has 1 heterocycles. The van der Waals surface area contributed by atoms with E-state index >= 15 is 0 Å². The largest absolute Gasteiger partial charge is 0.457 e. The lowest BCUT2D eigenvalue weighted by atomic mass is 9.99. The molecule has 2 aromatic carbocycles. The highest BCUT2D eigenvalue weighted by atomic mass is 19.1. The van der Waals surface area contributed by atoms with Crippen LogP contribution in [0.25, 0.3) is 0 Å². The van der Waals surface area contributed by atoms with E-state index in [9.17, 15) is 9.18 Å². The van der Waals surface area contributed by atoms with Crippen molar-refractivity contribution in [1.82, 2.24) is 9.55 Å². The van der Waals surface area contributed by atoms with E-state index in [2.05, 4.69) is 4.98 Å². The number of nitrogens with zero attached hydrogens (tertiary/aromatic N) is 2. The minimum Gasteiger partial charge on any atom is -0.457 e. The predicted octanol–water partition coefficient (Wildman–Crippen LogP) is 4.33. The van der Waals surface area contributed by atoms with Gasteiger partial charge in [0.05, 0.1) is 6.33 Å². The molecule has 24 heavy (non-hydrogen) atoms. The molecule has 0 aliphatic carbocycles. The van der Waals surface area contributed by atoms with Crippen LogP contribution in [0.3, 0.4) is 0 Å². The van der Waals surface area contributed by atoms with Gasteiger partial charge in [0, 0.05) is 30.4 Å². The average Bonchev–Trinajstić information content (AvgIpc) is 3.10. The van der Waals surface area contributed by atoms with Crippen LogP contribution in [-0.2, 0) is 6.54 Å². The van der Waals surface area contributed by atoms with Crippen molar-refractivity contribution in [2.45, 2.75) is 13.5 Å². The van der Waals surface area contributed by atoms with Crippen LogP contribution in [0, 0.1) is 11.7 Å². The van der Waals surface area contributed by atoms with Crippen molar-refractivity contribution in [2.75, 3.05) is 0 Å². The van der Waals surface area contributed by atoms with Gasteiger partial charge in [0.2, 0.25) is 0 Å². The third kappa shape index (κ3) is 3.87. The molecule has 1 unspecified atom stereocenters. The first-order valence-electron chi connectivity index (χ1n) is 7.65. The second kappa shape index (κ2) is 7.08. The quantitative estimate of drug-likeness (QED) is 0.634. The summed E-state index contributed by atoms with van der Waals surface area (Å²) in [6, 6.07) is 12.7. The highest BCUT2D eigenvalue weighted by Gasteiger charge is 2.15. The van der Waals surface area contributed by atoms with E-state index in [0.717, 1.165) is 0 Å². The summed E-state index contributed by atoms with van der Waals surface area (Å²) in [6.07, 6.45) is 5.23. The van der Waals surface area contributed by atoms with Gasteiger partial charge in [-0.3, -0.25) is 4.79 Å². The van der Waals surface area contributed by atoms with Gasteiger partial charge < -0.3 is 9.30 Å². The van der Waals surface area contributed by atoms with Gasteiger partial charge >= 0.3 is 0 Å². The summed E-state index contributed by atoms with van der Waals surface area (Å²) < 4.78 is 20.4. The van der Waals surface area contributed by atoms with Crippen LogP contribution >= 0.6 is 0 Å². The molecule has 0 N–H and O–H groups in total. The highest BCUT2D eigenvalue weighted by Crippen LogP contribution is 2.22. The van der Waals surface area contributed by atoms with Crippen molar-refractivity contribution in [3.63, 3.8) is 0 Å². The molecule has 5 heteroatoms. The van der Waals surface area contributed by atoms with Crippen LogP contribution < -0.4 is 4.74 Å². The molecule has 4 nitrogen and oxygen atoms in total. The van der Waals surface area contributed by atoms with E-state index in [1.165, 1.54) is 12.1 Å². The maximum Gasteiger partial charge on any atom is 0.167 e. The summed E-state index contributed by atoms with van der Waals surface area (Å²) in [6.45, 7) is 2.48. The molecule has 0 saturated carbocycles. The Morgan fingerprint density at radius 1 is 1.12 bits per heavy atom.